The number of anilines is 1. The van der Waals surface area contributed by atoms with E-state index in [4.69, 9.17) is 16.2 Å². The summed E-state index contributed by atoms with van der Waals surface area (Å²) >= 11 is 0. The standard InChI is InChI=1S/C13H20N2O3/c14-11-6-5-7-12(10-11)17-8-3-1-2-4-9-18-13(15)16/h5-7,10H,1-4,8-9,14H2,(H2,15,16). The van der Waals surface area contributed by atoms with Crippen molar-refractivity contribution in [2.24, 2.45) is 5.73 Å². The normalized spacial score (nSPS) is 10.0. The van der Waals surface area contributed by atoms with Crippen LogP contribution in [-0.2, 0) is 4.74 Å². The van der Waals surface area contributed by atoms with E-state index >= 15 is 0 Å². The molecule has 0 aliphatic rings. The molecular formula is C13H20N2O3. The van der Waals surface area contributed by atoms with Gasteiger partial charge in [0, 0.05) is 11.8 Å². The van der Waals surface area contributed by atoms with Gasteiger partial charge in [-0.25, -0.2) is 4.79 Å². The fraction of sp³-hybridized carbons (Fsp3) is 0.462. The molecule has 1 aromatic rings. The minimum absolute atomic E-state index is 0.394. The van der Waals surface area contributed by atoms with E-state index in [1.807, 2.05) is 18.2 Å². The molecule has 0 unspecified atom stereocenters. The van der Waals surface area contributed by atoms with Crippen LogP contribution in [0.5, 0.6) is 5.75 Å². The predicted molar refractivity (Wildman–Crippen MR) is 70.4 cm³/mol. The molecule has 0 heterocycles. The third-order valence-corrected chi connectivity index (χ3v) is 2.41. The molecular weight excluding hydrogens is 232 g/mol. The van der Waals surface area contributed by atoms with E-state index in [1.54, 1.807) is 6.07 Å². The summed E-state index contributed by atoms with van der Waals surface area (Å²) in [6.45, 7) is 1.06. The van der Waals surface area contributed by atoms with Crippen LogP contribution in [0.4, 0.5) is 10.5 Å². The highest BCUT2D eigenvalue weighted by molar-refractivity contribution is 5.64. The van der Waals surface area contributed by atoms with E-state index in [0.29, 0.717) is 18.9 Å². The summed E-state index contributed by atoms with van der Waals surface area (Å²) in [5.41, 5.74) is 11.2. The molecule has 5 nitrogen and oxygen atoms in total. The minimum Gasteiger partial charge on any atom is -0.494 e. The zero-order chi connectivity index (χ0) is 13.2. The van der Waals surface area contributed by atoms with Crippen molar-refractivity contribution in [2.45, 2.75) is 25.7 Å². The van der Waals surface area contributed by atoms with Crippen molar-refractivity contribution >= 4 is 11.8 Å². The lowest BCUT2D eigenvalue weighted by Crippen LogP contribution is -2.13. The molecule has 1 rings (SSSR count). The number of ether oxygens (including phenoxy) is 2. The van der Waals surface area contributed by atoms with Gasteiger partial charge in [0.25, 0.3) is 0 Å². The largest absolute Gasteiger partial charge is 0.494 e. The number of carbonyl (C=O) groups excluding carboxylic acids is 1. The molecule has 5 heteroatoms. The van der Waals surface area contributed by atoms with Crippen LogP contribution in [0.25, 0.3) is 0 Å². The Hall–Kier alpha value is -1.91. The SMILES string of the molecule is NC(=O)OCCCCCCOc1cccc(N)c1. The predicted octanol–water partition coefficient (Wildman–Crippen LogP) is 2.30. The first-order valence-corrected chi connectivity index (χ1v) is 6.09. The lowest BCUT2D eigenvalue weighted by atomic mass is 10.2. The van der Waals surface area contributed by atoms with Crippen LogP contribution in [0.15, 0.2) is 24.3 Å². The number of benzene rings is 1. The summed E-state index contributed by atoms with van der Waals surface area (Å²) in [5, 5.41) is 0. The second-order valence-corrected chi connectivity index (χ2v) is 4.00. The molecule has 0 saturated carbocycles. The minimum atomic E-state index is -0.708. The van der Waals surface area contributed by atoms with Crippen LogP contribution in [0.2, 0.25) is 0 Å². The Bertz CT molecular complexity index is 369. The Kier molecular flexibility index (Phi) is 6.46. The summed E-state index contributed by atoms with van der Waals surface area (Å²) in [4.78, 5) is 10.3. The van der Waals surface area contributed by atoms with Gasteiger partial charge in [0.05, 0.1) is 13.2 Å². The van der Waals surface area contributed by atoms with E-state index in [1.165, 1.54) is 0 Å². The van der Waals surface area contributed by atoms with Gasteiger partial charge in [-0.05, 0) is 37.8 Å². The first-order valence-electron chi connectivity index (χ1n) is 6.09. The maximum Gasteiger partial charge on any atom is 0.404 e. The van der Waals surface area contributed by atoms with Gasteiger partial charge >= 0.3 is 6.09 Å². The Balaban J connectivity index is 1.97. The van der Waals surface area contributed by atoms with Crippen LogP contribution in [-0.4, -0.2) is 19.3 Å². The van der Waals surface area contributed by atoms with E-state index < -0.39 is 6.09 Å². The fourth-order valence-electron chi connectivity index (χ4n) is 1.52. The molecule has 0 aliphatic carbocycles. The summed E-state index contributed by atoms with van der Waals surface area (Å²) in [5.74, 6) is 0.798. The molecule has 0 bridgehead atoms. The van der Waals surface area contributed by atoms with Crippen molar-refractivity contribution in [1.29, 1.82) is 0 Å². The Morgan fingerprint density at radius 3 is 2.50 bits per heavy atom. The average molecular weight is 252 g/mol. The van der Waals surface area contributed by atoms with Crippen molar-refractivity contribution in [3.05, 3.63) is 24.3 Å². The van der Waals surface area contributed by atoms with Crippen LogP contribution in [0.3, 0.4) is 0 Å². The van der Waals surface area contributed by atoms with Crippen LogP contribution in [0.1, 0.15) is 25.7 Å². The molecule has 0 atom stereocenters. The lowest BCUT2D eigenvalue weighted by Gasteiger charge is -2.06. The molecule has 100 valence electrons. The van der Waals surface area contributed by atoms with Gasteiger partial charge in [0.15, 0.2) is 0 Å². The number of amides is 1. The van der Waals surface area contributed by atoms with E-state index in [2.05, 4.69) is 4.74 Å². The quantitative estimate of drug-likeness (QED) is 0.549. The van der Waals surface area contributed by atoms with Crippen molar-refractivity contribution in [2.75, 3.05) is 18.9 Å². The zero-order valence-electron chi connectivity index (χ0n) is 10.4. The van der Waals surface area contributed by atoms with Gasteiger partial charge in [-0.3, -0.25) is 0 Å². The van der Waals surface area contributed by atoms with E-state index in [-0.39, 0.29) is 0 Å². The topological polar surface area (TPSA) is 87.6 Å². The first-order chi connectivity index (χ1) is 8.68. The highest BCUT2D eigenvalue weighted by Crippen LogP contribution is 2.14. The molecule has 0 fully saturated rings. The third kappa shape index (κ3) is 6.62. The molecule has 0 radical (unpaired) electrons. The smallest absolute Gasteiger partial charge is 0.404 e. The molecule has 4 N–H and O–H groups in total. The van der Waals surface area contributed by atoms with Crippen LogP contribution < -0.4 is 16.2 Å². The lowest BCUT2D eigenvalue weighted by molar-refractivity contribution is 0.154. The van der Waals surface area contributed by atoms with Crippen molar-refractivity contribution in [3.63, 3.8) is 0 Å². The molecule has 0 spiro atoms. The monoisotopic (exact) mass is 252 g/mol. The van der Waals surface area contributed by atoms with Gasteiger partial charge < -0.3 is 20.9 Å². The third-order valence-electron chi connectivity index (χ3n) is 2.41. The van der Waals surface area contributed by atoms with E-state index in [0.717, 1.165) is 31.4 Å². The van der Waals surface area contributed by atoms with Gasteiger partial charge in [-0.15, -0.1) is 0 Å². The maximum atomic E-state index is 10.3. The average Bonchev–Trinajstić information content (AvgIpc) is 2.32. The Morgan fingerprint density at radius 1 is 1.11 bits per heavy atom. The summed E-state index contributed by atoms with van der Waals surface area (Å²) < 4.78 is 10.2. The number of nitrogen functional groups attached to an aromatic ring is 1. The maximum absolute atomic E-state index is 10.3. The van der Waals surface area contributed by atoms with Crippen molar-refractivity contribution in [3.8, 4) is 5.75 Å². The Labute approximate surface area is 107 Å². The Morgan fingerprint density at radius 2 is 1.83 bits per heavy atom. The highest BCUT2D eigenvalue weighted by atomic mass is 16.5. The second kappa shape index (κ2) is 8.22. The fourth-order valence-corrected chi connectivity index (χ4v) is 1.52. The number of carbonyl (C=O) groups is 1. The van der Waals surface area contributed by atoms with Gasteiger partial charge in [-0.1, -0.05) is 6.07 Å². The van der Waals surface area contributed by atoms with Gasteiger partial charge in [0.2, 0.25) is 0 Å². The van der Waals surface area contributed by atoms with Gasteiger partial charge in [-0.2, -0.15) is 0 Å². The molecule has 0 aliphatic heterocycles. The molecule has 1 aromatic carbocycles. The number of hydrogen-bond acceptors (Lipinski definition) is 4. The summed E-state index contributed by atoms with van der Waals surface area (Å²) in [6.07, 6.45) is 3.12. The zero-order valence-corrected chi connectivity index (χ0v) is 10.4. The number of rotatable bonds is 8. The molecule has 18 heavy (non-hydrogen) atoms. The molecule has 0 aromatic heterocycles. The molecule has 0 saturated heterocycles. The van der Waals surface area contributed by atoms with Crippen LogP contribution in [0, 0.1) is 0 Å². The molecule has 1 amide bonds. The first kappa shape index (κ1) is 14.2. The summed E-state index contributed by atoms with van der Waals surface area (Å²) in [7, 11) is 0. The summed E-state index contributed by atoms with van der Waals surface area (Å²) in [6, 6.07) is 7.38. The van der Waals surface area contributed by atoms with E-state index in [9.17, 15) is 4.79 Å². The highest BCUT2D eigenvalue weighted by Gasteiger charge is 1.96. The second-order valence-electron chi connectivity index (χ2n) is 4.00. The number of nitrogens with two attached hydrogens (primary N) is 2. The van der Waals surface area contributed by atoms with Crippen molar-refractivity contribution < 1.29 is 14.3 Å². The van der Waals surface area contributed by atoms with Crippen molar-refractivity contribution in [1.82, 2.24) is 0 Å². The number of hydrogen-bond donors (Lipinski definition) is 2. The van der Waals surface area contributed by atoms with Crippen LogP contribution >= 0.6 is 0 Å². The number of primary amides is 1. The van der Waals surface area contributed by atoms with Gasteiger partial charge in [0.1, 0.15) is 5.75 Å². The number of unbranched alkanes of at least 4 members (excludes halogenated alkanes) is 3.